The molecule has 0 radical (unpaired) electrons. The Morgan fingerprint density at radius 2 is 1.68 bits per heavy atom. The third kappa shape index (κ3) is 4.95. The SMILES string of the molecule is CC(C)(C)CCOc1c(F)cc(S(=O)(=O)Cl)cc1F. The Labute approximate surface area is 115 Å². The number of hydrogen-bond donors (Lipinski definition) is 0. The van der Waals surface area contributed by atoms with Crippen LogP contribution in [0, 0.1) is 17.0 Å². The van der Waals surface area contributed by atoms with E-state index in [0.29, 0.717) is 18.6 Å². The fourth-order valence-electron chi connectivity index (χ4n) is 1.27. The van der Waals surface area contributed by atoms with Gasteiger partial charge in [0.05, 0.1) is 11.5 Å². The molecule has 1 rings (SSSR count). The third-order valence-electron chi connectivity index (χ3n) is 2.35. The van der Waals surface area contributed by atoms with Gasteiger partial charge >= 0.3 is 0 Å². The number of rotatable bonds is 4. The molecule has 0 aliphatic carbocycles. The lowest BCUT2D eigenvalue weighted by Gasteiger charge is -2.18. The van der Waals surface area contributed by atoms with Crippen molar-refractivity contribution in [3.05, 3.63) is 23.8 Å². The summed E-state index contributed by atoms with van der Waals surface area (Å²) in [5.74, 6) is -2.77. The van der Waals surface area contributed by atoms with E-state index in [1.807, 2.05) is 20.8 Å². The van der Waals surface area contributed by atoms with E-state index in [1.54, 1.807) is 0 Å². The van der Waals surface area contributed by atoms with Gasteiger partial charge in [0.15, 0.2) is 17.4 Å². The molecule has 0 amide bonds. The highest BCUT2D eigenvalue weighted by atomic mass is 35.7. The lowest BCUT2D eigenvalue weighted by atomic mass is 9.93. The molecule has 0 bridgehead atoms. The summed E-state index contributed by atoms with van der Waals surface area (Å²) in [5.41, 5.74) is -0.0353. The van der Waals surface area contributed by atoms with Crippen LogP contribution in [-0.4, -0.2) is 15.0 Å². The second-order valence-electron chi connectivity index (χ2n) is 5.31. The highest BCUT2D eigenvalue weighted by molar-refractivity contribution is 8.13. The van der Waals surface area contributed by atoms with Crippen molar-refractivity contribution >= 4 is 19.7 Å². The van der Waals surface area contributed by atoms with Crippen molar-refractivity contribution in [2.75, 3.05) is 6.61 Å². The van der Waals surface area contributed by atoms with Crippen LogP contribution in [0.3, 0.4) is 0 Å². The molecular weight excluding hydrogens is 298 g/mol. The summed E-state index contributed by atoms with van der Waals surface area (Å²) in [4.78, 5) is -0.632. The number of ether oxygens (including phenoxy) is 1. The molecule has 7 heteroatoms. The lowest BCUT2D eigenvalue weighted by Crippen LogP contribution is -2.12. The maximum Gasteiger partial charge on any atom is 0.261 e. The van der Waals surface area contributed by atoms with Gasteiger partial charge < -0.3 is 4.74 Å². The van der Waals surface area contributed by atoms with E-state index in [2.05, 4.69) is 0 Å². The van der Waals surface area contributed by atoms with Crippen molar-refractivity contribution in [3.8, 4) is 5.75 Å². The molecule has 0 aliphatic rings. The molecule has 3 nitrogen and oxygen atoms in total. The van der Waals surface area contributed by atoms with E-state index in [-0.39, 0.29) is 12.0 Å². The minimum absolute atomic E-state index is 0.0353. The van der Waals surface area contributed by atoms with Crippen LogP contribution in [0.1, 0.15) is 27.2 Å². The molecule has 19 heavy (non-hydrogen) atoms. The minimum Gasteiger partial charge on any atom is -0.488 e. The highest BCUT2D eigenvalue weighted by Gasteiger charge is 2.19. The first-order valence-electron chi connectivity index (χ1n) is 5.57. The molecule has 0 aliphatic heterocycles. The molecule has 0 N–H and O–H groups in total. The molecule has 0 saturated heterocycles. The zero-order chi connectivity index (χ0) is 14.8. The van der Waals surface area contributed by atoms with E-state index >= 15 is 0 Å². The first kappa shape index (κ1) is 16.2. The molecule has 1 aromatic carbocycles. The van der Waals surface area contributed by atoms with E-state index in [4.69, 9.17) is 15.4 Å². The number of benzene rings is 1. The standard InChI is InChI=1S/C12H15ClF2O3S/c1-12(2,3)4-5-18-11-9(14)6-8(7-10(11)15)19(13,16)17/h6-7H,4-5H2,1-3H3. The van der Waals surface area contributed by atoms with Crippen molar-refractivity contribution in [1.29, 1.82) is 0 Å². The smallest absolute Gasteiger partial charge is 0.261 e. The summed E-state index contributed by atoms with van der Waals surface area (Å²) in [7, 11) is 0.845. The molecule has 0 saturated carbocycles. The van der Waals surface area contributed by atoms with Crippen molar-refractivity contribution in [3.63, 3.8) is 0 Å². The van der Waals surface area contributed by atoms with Crippen molar-refractivity contribution < 1.29 is 21.9 Å². The van der Waals surface area contributed by atoms with Crippen molar-refractivity contribution in [1.82, 2.24) is 0 Å². The Bertz CT molecular complexity index is 542. The molecule has 0 aromatic heterocycles. The fraction of sp³-hybridized carbons (Fsp3) is 0.500. The van der Waals surface area contributed by atoms with Crippen LogP contribution < -0.4 is 4.74 Å². The quantitative estimate of drug-likeness (QED) is 0.796. The van der Waals surface area contributed by atoms with Crippen LogP contribution in [0.2, 0.25) is 0 Å². The molecule has 0 atom stereocenters. The van der Waals surface area contributed by atoms with Crippen LogP contribution in [0.4, 0.5) is 8.78 Å². The summed E-state index contributed by atoms with van der Waals surface area (Å²) in [6.07, 6.45) is 0.599. The maximum absolute atomic E-state index is 13.6. The van der Waals surface area contributed by atoms with E-state index in [0.717, 1.165) is 0 Å². The lowest BCUT2D eigenvalue weighted by molar-refractivity contribution is 0.226. The van der Waals surface area contributed by atoms with Crippen LogP contribution >= 0.6 is 10.7 Å². The molecular formula is C12H15ClF2O3S. The average molecular weight is 313 g/mol. The average Bonchev–Trinajstić information content (AvgIpc) is 2.18. The highest BCUT2D eigenvalue weighted by Crippen LogP contribution is 2.28. The largest absolute Gasteiger partial charge is 0.488 e. The molecule has 1 aromatic rings. The van der Waals surface area contributed by atoms with Crippen molar-refractivity contribution in [2.24, 2.45) is 5.41 Å². The Morgan fingerprint density at radius 1 is 1.21 bits per heavy atom. The van der Waals surface area contributed by atoms with Crippen LogP contribution in [0.15, 0.2) is 17.0 Å². The number of halogens is 3. The van der Waals surface area contributed by atoms with Gasteiger partial charge in [-0.25, -0.2) is 17.2 Å². The minimum atomic E-state index is -4.17. The first-order chi connectivity index (χ1) is 8.50. The van der Waals surface area contributed by atoms with Gasteiger partial charge in [-0.1, -0.05) is 20.8 Å². The topological polar surface area (TPSA) is 43.4 Å². The van der Waals surface area contributed by atoms with Gasteiger partial charge in [0.25, 0.3) is 9.05 Å². The predicted molar refractivity (Wildman–Crippen MR) is 69.0 cm³/mol. The summed E-state index contributed by atoms with van der Waals surface area (Å²) in [6.45, 7) is 6.02. The Morgan fingerprint density at radius 3 is 2.05 bits per heavy atom. The predicted octanol–water partition coefficient (Wildman–Crippen LogP) is 3.71. The zero-order valence-corrected chi connectivity index (χ0v) is 12.4. The fourth-order valence-corrected chi connectivity index (χ4v) is 2.03. The summed E-state index contributed by atoms with van der Waals surface area (Å²) in [5, 5.41) is 0. The van der Waals surface area contributed by atoms with Gasteiger partial charge in [-0.2, -0.15) is 0 Å². The second-order valence-corrected chi connectivity index (χ2v) is 7.88. The monoisotopic (exact) mass is 312 g/mol. The Hall–Kier alpha value is -0.880. The molecule has 0 unspecified atom stereocenters. The second kappa shape index (κ2) is 5.63. The third-order valence-corrected chi connectivity index (χ3v) is 3.69. The van der Waals surface area contributed by atoms with Gasteiger partial charge in [0.2, 0.25) is 0 Å². The molecule has 108 valence electrons. The van der Waals surface area contributed by atoms with Crippen LogP contribution in [0.5, 0.6) is 5.75 Å². The Balaban J connectivity index is 2.93. The van der Waals surface area contributed by atoms with Gasteiger partial charge in [0.1, 0.15) is 0 Å². The summed E-state index contributed by atoms with van der Waals surface area (Å²) >= 11 is 0. The summed E-state index contributed by atoms with van der Waals surface area (Å²) < 4.78 is 54.1. The molecule has 0 heterocycles. The first-order valence-corrected chi connectivity index (χ1v) is 7.88. The van der Waals surface area contributed by atoms with Crippen LogP contribution in [-0.2, 0) is 9.05 Å². The van der Waals surface area contributed by atoms with Gasteiger partial charge in [-0.3, -0.25) is 0 Å². The van der Waals surface area contributed by atoms with E-state index in [1.165, 1.54) is 0 Å². The maximum atomic E-state index is 13.6. The number of hydrogen-bond acceptors (Lipinski definition) is 3. The van der Waals surface area contributed by atoms with Gasteiger partial charge in [-0.15, -0.1) is 0 Å². The normalized spacial score (nSPS) is 12.5. The Kier molecular flexibility index (Phi) is 4.79. The van der Waals surface area contributed by atoms with Crippen LogP contribution in [0.25, 0.3) is 0 Å². The molecule has 0 spiro atoms. The van der Waals surface area contributed by atoms with E-state index < -0.39 is 31.3 Å². The van der Waals surface area contributed by atoms with Gasteiger partial charge in [-0.05, 0) is 24.0 Å². The summed E-state index contributed by atoms with van der Waals surface area (Å²) in [6, 6.07) is 1.27. The van der Waals surface area contributed by atoms with E-state index in [9.17, 15) is 17.2 Å². The molecule has 0 fully saturated rings. The zero-order valence-electron chi connectivity index (χ0n) is 10.8. The van der Waals surface area contributed by atoms with Crippen molar-refractivity contribution in [2.45, 2.75) is 32.1 Å². The van der Waals surface area contributed by atoms with Gasteiger partial charge in [0, 0.05) is 10.7 Å².